The summed E-state index contributed by atoms with van der Waals surface area (Å²) in [5, 5.41) is 6.24. The number of anilines is 1. The molecule has 2 aromatic carbocycles. The zero-order chi connectivity index (χ0) is 15.1. The van der Waals surface area contributed by atoms with Crippen molar-refractivity contribution >= 4 is 23.7 Å². The van der Waals surface area contributed by atoms with Crippen molar-refractivity contribution in [2.24, 2.45) is 5.10 Å². The predicted molar refractivity (Wildman–Crippen MR) is 82.0 cm³/mol. The van der Waals surface area contributed by atoms with Crippen LogP contribution in [-0.2, 0) is 9.59 Å². The van der Waals surface area contributed by atoms with E-state index in [9.17, 15) is 9.59 Å². The first-order valence-corrected chi connectivity index (χ1v) is 6.41. The first-order chi connectivity index (χ1) is 10.1. The average Bonchev–Trinajstić information content (AvgIpc) is 2.48. The van der Waals surface area contributed by atoms with Crippen molar-refractivity contribution in [2.75, 3.05) is 5.32 Å². The lowest BCUT2D eigenvalue weighted by molar-refractivity contribution is -0.136. The third-order valence-corrected chi connectivity index (χ3v) is 2.66. The van der Waals surface area contributed by atoms with Crippen LogP contribution in [0.1, 0.15) is 11.1 Å². The minimum Gasteiger partial charge on any atom is -0.318 e. The molecule has 2 amide bonds. The van der Waals surface area contributed by atoms with E-state index in [0.717, 1.165) is 11.1 Å². The molecule has 0 aliphatic rings. The van der Waals surface area contributed by atoms with Crippen LogP contribution in [-0.4, -0.2) is 18.0 Å². The molecule has 0 atom stereocenters. The zero-order valence-electron chi connectivity index (χ0n) is 11.5. The van der Waals surface area contributed by atoms with Gasteiger partial charge < -0.3 is 5.32 Å². The monoisotopic (exact) mass is 281 g/mol. The molecule has 0 radical (unpaired) electrons. The third kappa shape index (κ3) is 4.58. The van der Waals surface area contributed by atoms with Crippen molar-refractivity contribution in [3.63, 3.8) is 0 Å². The van der Waals surface area contributed by atoms with Gasteiger partial charge in [-0.05, 0) is 30.2 Å². The van der Waals surface area contributed by atoms with Crippen LogP contribution >= 0.6 is 0 Å². The minimum atomic E-state index is -0.816. The molecular formula is C16H15N3O2. The molecule has 2 aromatic rings. The van der Waals surface area contributed by atoms with E-state index in [0.29, 0.717) is 5.69 Å². The van der Waals surface area contributed by atoms with Crippen LogP contribution in [0.3, 0.4) is 0 Å². The van der Waals surface area contributed by atoms with Gasteiger partial charge in [-0.15, -0.1) is 0 Å². The highest BCUT2D eigenvalue weighted by atomic mass is 16.2. The van der Waals surface area contributed by atoms with Crippen molar-refractivity contribution in [1.82, 2.24) is 5.43 Å². The van der Waals surface area contributed by atoms with Crippen LogP contribution in [0.25, 0.3) is 0 Å². The van der Waals surface area contributed by atoms with Gasteiger partial charge in [-0.3, -0.25) is 9.59 Å². The number of hydrazone groups is 1. The molecule has 0 saturated heterocycles. The second kappa shape index (κ2) is 7.00. The van der Waals surface area contributed by atoms with Gasteiger partial charge in [0.25, 0.3) is 0 Å². The molecule has 21 heavy (non-hydrogen) atoms. The number of aryl methyl sites for hydroxylation is 1. The molecule has 0 fully saturated rings. The number of hydrogen-bond acceptors (Lipinski definition) is 3. The number of benzene rings is 2. The summed E-state index contributed by atoms with van der Waals surface area (Å²) in [5.41, 5.74) is 4.58. The van der Waals surface area contributed by atoms with Crippen LogP contribution in [0.4, 0.5) is 5.69 Å². The largest absolute Gasteiger partial charge is 0.329 e. The molecule has 0 heterocycles. The summed E-state index contributed by atoms with van der Waals surface area (Å²) in [6.45, 7) is 1.90. The van der Waals surface area contributed by atoms with Crippen LogP contribution in [0.5, 0.6) is 0 Å². The summed E-state index contributed by atoms with van der Waals surface area (Å²) < 4.78 is 0. The van der Waals surface area contributed by atoms with Gasteiger partial charge >= 0.3 is 11.8 Å². The van der Waals surface area contributed by atoms with Gasteiger partial charge in [0.1, 0.15) is 0 Å². The van der Waals surface area contributed by atoms with E-state index in [2.05, 4.69) is 15.8 Å². The molecule has 0 unspecified atom stereocenters. The number of carbonyl (C=O) groups is 2. The first-order valence-electron chi connectivity index (χ1n) is 6.41. The number of nitrogens with one attached hydrogen (secondary N) is 2. The Morgan fingerprint density at radius 1 is 1.00 bits per heavy atom. The van der Waals surface area contributed by atoms with Crippen LogP contribution < -0.4 is 10.7 Å². The maximum atomic E-state index is 11.7. The predicted octanol–water partition coefficient (Wildman–Crippen LogP) is 2.08. The van der Waals surface area contributed by atoms with Gasteiger partial charge in [0.15, 0.2) is 0 Å². The standard InChI is InChI=1S/C16H15N3O2/c1-12-6-5-9-14(10-12)18-15(20)16(21)19-17-11-13-7-3-2-4-8-13/h2-11H,1H3,(H,18,20)(H,19,21)/b17-11+. The molecule has 0 aromatic heterocycles. The number of hydrogen-bond donors (Lipinski definition) is 2. The summed E-state index contributed by atoms with van der Waals surface area (Å²) in [6.07, 6.45) is 1.47. The maximum absolute atomic E-state index is 11.7. The van der Waals surface area contributed by atoms with Gasteiger partial charge in [-0.2, -0.15) is 5.10 Å². The smallest absolute Gasteiger partial charge is 0.318 e. The van der Waals surface area contributed by atoms with Crippen molar-refractivity contribution in [2.45, 2.75) is 6.92 Å². The highest BCUT2D eigenvalue weighted by molar-refractivity contribution is 6.39. The third-order valence-electron chi connectivity index (χ3n) is 2.66. The number of rotatable bonds is 3. The Bertz CT molecular complexity index is 666. The Balaban J connectivity index is 1.88. The lowest BCUT2D eigenvalue weighted by atomic mass is 10.2. The van der Waals surface area contributed by atoms with Crippen LogP contribution in [0.2, 0.25) is 0 Å². The Morgan fingerprint density at radius 3 is 2.48 bits per heavy atom. The summed E-state index contributed by atoms with van der Waals surface area (Å²) in [6, 6.07) is 16.5. The Hall–Kier alpha value is -2.95. The molecule has 5 heteroatoms. The summed E-state index contributed by atoms with van der Waals surface area (Å²) in [5.74, 6) is -1.57. The molecular weight excluding hydrogens is 266 g/mol. The molecule has 2 rings (SSSR count). The van der Waals surface area contributed by atoms with Gasteiger partial charge in [0.05, 0.1) is 6.21 Å². The molecule has 106 valence electrons. The molecule has 0 saturated carbocycles. The van der Waals surface area contributed by atoms with Gasteiger partial charge in [0, 0.05) is 5.69 Å². The summed E-state index contributed by atoms with van der Waals surface area (Å²) in [4.78, 5) is 23.3. The van der Waals surface area contributed by atoms with E-state index in [4.69, 9.17) is 0 Å². The van der Waals surface area contributed by atoms with E-state index in [1.807, 2.05) is 43.3 Å². The van der Waals surface area contributed by atoms with Gasteiger partial charge in [-0.25, -0.2) is 5.43 Å². The number of carbonyl (C=O) groups excluding carboxylic acids is 2. The fraction of sp³-hybridized carbons (Fsp3) is 0.0625. The van der Waals surface area contributed by atoms with Crippen LogP contribution in [0.15, 0.2) is 59.7 Å². The topological polar surface area (TPSA) is 70.6 Å². The van der Waals surface area contributed by atoms with E-state index in [-0.39, 0.29) is 0 Å². The lowest BCUT2D eigenvalue weighted by Gasteiger charge is -2.04. The fourth-order valence-corrected chi connectivity index (χ4v) is 1.67. The zero-order valence-corrected chi connectivity index (χ0v) is 11.5. The minimum absolute atomic E-state index is 0.571. The fourth-order valence-electron chi connectivity index (χ4n) is 1.67. The van der Waals surface area contributed by atoms with E-state index < -0.39 is 11.8 Å². The second-order valence-corrected chi connectivity index (χ2v) is 4.43. The van der Waals surface area contributed by atoms with Crippen LogP contribution in [0, 0.1) is 6.92 Å². The number of amides is 2. The molecule has 2 N–H and O–H groups in total. The number of nitrogens with zero attached hydrogens (tertiary/aromatic N) is 1. The average molecular weight is 281 g/mol. The lowest BCUT2D eigenvalue weighted by Crippen LogP contribution is -2.32. The van der Waals surface area contributed by atoms with Crippen molar-refractivity contribution in [3.05, 3.63) is 65.7 Å². The van der Waals surface area contributed by atoms with Gasteiger partial charge in [-0.1, -0.05) is 42.5 Å². The quantitative estimate of drug-likeness (QED) is 0.514. The second-order valence-electron chi connectivity index (χ2n) is 4.43. The molecule has 0 aliphatic carbocycles. The van der Waals surface area contributed by atoms with E-state index >= 15 is 0 Å². The summed E-state index contributed by atoms with van der Waals surface area (Å²) in [7, 11) is 0. The normalized spacial score (nSPS) is 10.3. The Morgan fingerprint density at radius 2 is 1.76 bits per heavy atom. The molecule has 0 bridgehead atoms. The van der Waals surface area contributed by atoms with Crippen molar-refractivity contribution < 1.29 is 9.59 Å². The van der Waals surface area contributed by atoms with Crippen molar-refractivity contribution in [1.29, 1.82) is 0 Å². The summed E-state index contributed by atoms with van der Waals surface area (Å²) >= 11 is 0. The molecule has 5 nitrogen and oxygen atoms in total. The first kappa shape index (κ1) is 14.5. The Labute approximate surface area is 122 Å². The van der Waals surface area contributed by atoms with E-state index in [1.54, 1.807) is 18.2 Å². The SMILES string of the molecule is Cc1cccc(NC(=O)C(=O)N/N=C/c2ccccc2)c1. The Kier molecular flexibility index (Phi) is 4.82. The van der Waals surface area contributed by atoms with Gasteiger partial charge in [0.2, 0.25) is 0 Å². The highest BCUT2D eigenvalue weighted by Gasteiger charge is 2.12. The highest BCUT2D eigenvalue weighted by Crippen LogP contribution is 2.08. The van der Waals surface area contributed by atoms with Crippen molar-refractivity contribution in [3.8, 4) is 0 Å². The van der Waals surface area contributed by atoms with E-state index in [1.165, 1.54) is 6.21 Å². The maximum Gasteiger partial charge on any atom is 0.329 e. The molecule has 0 spiro atoms. The molecule has 0 aliphatic heterocycles.